The first-order valence-electron chi connectivity index (χ1n) is 5.11. The highest BCUT2D eigenvalue weighted by Gasteiger charge is 2.23. The Morgan fingerprint density at radius 2 is 2.00 bits per heavy atom. The van der Waals surface area contributed by atoms with Gasteiger partial charge in [-0.3, -0.25) is 4.79 Å². The molecule has 0 fully saturated rings. The van der Waals surface area contributed by atoms with Gasteiger partial charge in [0.25, 0.3) is 0 Å². The minimum absolute atomic E-state index is 0.0972. The fraction of sp³-hybridized carbons (Fsp3) is 0.364. The lowest BCUT2D eigenvalue weighted by Gasteiger charge is -2.20. The first-order valence-corrected chi connectivity index (χ1v) is 6.70. The van der Waals surface area contributed by atoms with E-state index in [1.54, 1.807) is 6.07 Å². The largest absolute Gasteiger partial charge is 0.506 e. The van der Waals surface area contributed by atoms with E-state index in [-0.39, 0.29) is 23.8 Å². The predicted octanol–water partition coefficient (Wildman–Crippen LogP) is 1.45. The van der Waals surface area contributed by atoms with Crippen LogP contribution in [0, 0.1) is 0 Å². The van der Waals surface area contributed by atoms with Crippen LogP contribution in [0.2, 0.25) is 0 Å². The number of carbonyl (C=O) groups is 1. The van der Waals surface area contributed by atoms with Gasteiger partial charge in [0.05, 0.1) is 4.47 Å². The summed E-state index contributed by atoms with van der Waals surface area (Å²) in [6.07, 6.45) is -2.51. The third kappa shape index (κ3) is 3.94. The van der Waals surface area contributed by atoms with E-state index in [4.69, 9.17) is 0 Å². The van der Waals surface area contributed by atoms with E-state index >= 15 is 0 Å². The van der Waals surface area contributed by atoms with Crippen LogP contribution in [-0.2, 0) is 4.79 Å². The topological polar surface area (TPSA) is 89.8 Å². The van der Waals surface area contributed by atoms with Gasteiger partial charge in [0.2, 0.25) is 5.91 Å². The standard InChI is InChI=1S/C11H13Br2NO4/c1-5(15)14-4-9(16)11(18)7-2-6(12)3-8(13)10(7)17/h2-3,9,11,16-18H,4H2,1H3,(H,14,15). The SMILES string of the molecule is CC(=O)NCC(O)C(O)c1cc(Br)cc(Br)c1O. The summed E-state index contributed by atoms with van der Waals surface area (Å²) in [5.41, 5.74) is 0.175. The number of nitrogens with one attached hydrogen (secondary N) is 1. The Labute approximate surface area is 121 Å². The second-order valence-electron chi connectivity index (χ2n) is 3.77. The fourth-order valence-electron chi connectivity index (χ4n) is 1.38. The highest BCUT2D eigenvalue weighted by atomic mass is 79.9. The lowest BCUT2D eigenvalue weighted by molar-refractivity contribution is -0.119. The van der Waals surface area contributed by atoms with Crippen molar-refractivity contribution in [2.75, 3.05) is 6.54 Å². The van der Waals surface area contributed by atoms with Crippen molar-refractivity contribution in [1.82, 2.24) is 5.32 Å². The van der Waals surface area contributed by atoms with E-state index in [1.165, 1.54) is 13.0 Å². The maximum Gasteiger partial charge on any atom is 0.216 e. The summed E-state index contributed by atoms with van der Waals surface area (Å²) in [5.74, 6) is -0.450. The monoisotopic (exact) mass is 381 g/mol. The third-order valence-corrected chi connectivity index (χ3v) is 3.36. The Hall–Kier alpha value is -0.630. The number of phenols is 1. The number of benzene rings is 1. The van der Waals surface area contributed by atoms with Gasteiger partial charge < -0.3 is 20.6 Å². The van der Waals surface area contributed by atoms with Gasteiger partial charge >= 0.3 is 0 Å². The van der Waals surface area contributed by atoms with Crippen molar-refractivity contribution < 1.29 is 20.1 Å². The molecule has 2 unspecified atom stereocenters. The second-order valence-corrected chi connectivity index (χ2v) is 5.54. The van der Waals surface area contributed by atoms with Crippen LogP contribution < -0.4 is 5.32 Å². The molecule has 0 bridgehead atoms. The molecule has 1 aromatic rings. The molecule has 1 rings (SSSR count). The first kappa shape index (κ1) is 15.4. The molecule has 2 atom stereocenters. The van der Waals surface area contributed by atoms with Crippen molar-refractivity contribution in [2.45, 2.75) is 19.1 Å². The predicted molar refractivity (Wildman–Crippen MR) is 73.2 cm³/mol. The molecule has 0 saturated carbocycles. The first-order chi connectivity index (χ1) is 8.32. The normalized spacial score (nSPS) is 14.1. The molecule has 0 radical (unpaired) electrons. The van der Waals surface area contributed by atoms with Crippen LogP contribution in [0.5, 0.6) is 5.75 Å². The van der Waals surface area contributed by atoms with Crippen LogP contribution >= 0.6 is 31.9 Å². The number of phenolic OH excluding ortho intramolecular Hbond substituents is 1. The average molecular weight is 383 g/mol. The number of amides is 1. The third-order valence-electron chi connectivity index (χ3n) is 2.30. The minimum atomic E-state index is -1.30. The molecule has 100 valence electrons. The number of aromatic hydroxyl groups is 1. The molecule has 0 spiro atoms. The molecule has 0 saturated heterocycles. The summed E-state index contributed by atoms with van der Waals surface area (Å²) in [4.78, 5) is 10.7. The molecule has 1 aromatic carbocycles. The van der Waals surface area contributed by atoms with E-state index in [0.717, 1.165) is 0 Å². The number of halogens is 2. The van der Waals surface area contributed by atoms with Gasteiger partial charge in [0.15, 0.2) is 0 Å². The zero-order valence-corrected chi connectivity index (χ0v) is 12.7. The van der Waals surface area contributed by atoms with Gasteiger partial charge in [-0.25, -0.2) is 0 Å². The van der Waals surface area contributed by atoms with Crippen LogP contribution in [0.25, 0.3) is 0 Å². The van der Waals surface area contributed by atoms with E-state index in [1.807, 2.05) is 0 Å². The summed E-state index contributed by atoms with van der Waals surface area (Å²) in [7, 11) is 0. The van der Waals surface area contributed by atoms with Gasteiger partial charge in [0, 0.05) is 23.5 Å². The quantitative estimate of drug-likeness (QED) is 0.634. The molecule has 0 heterocycles. The Bertz CT molecular complexity index is 453. The molecule has 0 aromatic heterocycles. The molecule has 1 amide bonds. The Kier molecular flexibility index (Phi) is 5.58. The molecular weight excluding hydrogens is 370 g/mol. The molecule has 5 nitrogen and oxygen atoms in total. The van der Waals surface area contributed by atoms with Crippen molar-refractivity contribution in [2.24, 2.45) is 0 Å². The highest BCUT2D eigenvalue weighted by molar-refractivity contribution is 9.11. The van der Waals surface area contributed by atoms with Crippen LogP contribution in [0.4, 0.5) is 0 Å². The maximum absolute atomic E-state index is 10.7. The molecule has 18 heavy (non-hydrogen) atoms. The van der Waals surface area contributed by atoms with Crippen LogP contribution in [-0.4, -0.2) is 33.9 Å². The summed E-state index contributed by atoms with van der Waals surface area (Å²) in [6.45, 7) is 1.21. The number of aliphatic hydroxyl groups is 2. The Morgan fingerprint density at radius 3 is 2.56 bits per heavy atom. The van der Waals surface area contributed by atoms with Crippen molar-refractivity contribution in [3.8, 4) is 5.75 Å². The van der Waals surface area contributed by atoms with Crippen LogP contribution in [0.3, 0.4) is 0 Å². The Morgan fingerprint density at radius 1 is 1.39 bits per heavy atom. The summed E-state index contributed by atoms with van der Waals surface area (Å²) < 4.78 is 1.05. The smallest absolute Gasteiger partial charge is 0.216 e. The molecule has 0 aliphatic carbocycles. The van der Waals surface area contributed by atoms with Gasteiger partial charge in [-0.1, -0.05) is 15.9 Å². The molecule has 0 aliphatic heterocycles. The van der Waals surface area contributed by atoms with Crippen LogP contribution in [0.1, 0.15) is 18.6 Å². The van der Waals surface area contributed by atoms with Crippen molar-refractivity contribution in [3.05, 3.63) is 26.6 Å². The number of aliphatic hydroxyl groups excluding tert-OH is 2. The Balaban J connectivity index is 2.89. The minimum Gasteiger partial charge on any atom is -0.506 e. The van der Waals surface area contributed by atoms with Crippen molar-refractivity contribution in [3.63, 3.8) is 0 Å². The number of rotatable bonds is 4. The van der Waals surface area contributed by atoms with E-state index in [9.17, 15) is 20.1 Å². The number of hydrogen-bond acceptors (Lipinski definition) is 4. The highest BCUT2D eigenvalue weighted by Crippen LogP contribution is 2.36. The van der Waals surface area contributed by atoms with Gasteiger partial charge in [-0.15, -0.1) is 0 Å². The lowest BCUT2D eigenvalue weighted by atomic mass is 10.0. The van der Waals surface area contributed by atoms with E-state index in [2.05, 4.69) is 37.2 Å². The molecule has 7 heteroatoms. The summed E-state index contributed by atoms with van der Waals surface area (Å²) >= 11 is 6.36. The number of carbonyl (C=O) groups excluding carboxylic acids is 1. The van der Waals surface area contributed by atoms with Gasteiger partial charge in [-0.05, 0) is 28.1 Å². The van der Waals surface area contributed by atoms with Gasteiger partial charge in [0.1, 0.15) is 18.0 Å². The zero-order chi connectivity index (χ0) is 13.9. The second kappa shape index (κ2) is 6.51. The zero-order valence-electron chi connectivity index (χ0n) is 9.52. The van der Waals surface area contributed by atoms with Crippen molar-refractivity contribution >= 4 is 37.8 Å². The van der Waals surface area contributed by atoms with E-state index < -0.39 is 12.2 Å². The fourth-order valence-corrected chi connectivity index (χ4v) is 2.64. The van der Waals surface area contributed by atoms with Crippen molar-refractivity contribution in [1.29, 1.82) is 0 Å². The maximum atomic E-state index is 10.7. The molecule has 0 aliphatic rings. The molecular formula is C11H13Br2NO4. The lowest BCUT2D eigenvalue weighted by Crippen LogP contribution is -2.34. The van der Waals surface area contributed by atoms with Gasteiger partial charge in [-0.2, -0.15) is 0 Å². The number of hydrogen-bond donors (Lipinski definition) is 4. The summed E-state index contributed by atoms with van der Waals surface area (Å²) in [5, 5.41) is 31.8. The van der Waals surface area contributed by atoms with Crippen LogP contribution in [0.15, 0.2) is 21.1 Å². The summed E-state index contributed by atoms with van der Waals surface area (Å²) in [6, 6.07) is 3.12. The molecule has 4 N–H and O–H groups in total. The van der Waals surface area contributed by atoms with E-state index in [0.29, 0.717) is 8.95 Å². The average Bonchev–Trinajstić information content (AvgIpc) is 2.29.